The summed E-state index contributed by atoms with van der Waals surface area (Å²) in [5.41, 5.74) is 3.56. The second-order valence-electron chi connectivity index (χ2n) is 7.23. The molecule has 1 heterocycles. The lowest BCUT2D eigenvalue weighted by Gasteiger charge is -2.19. The van der Waals surface area contributed by atoms with Crippen LogP contribution < -0.4 is 5.32 Å². The number of rotatable bonds is 7. The standard InChI is InChI=1S/C21H28N2OS/c1-16-9-10-18-19(15-25-20(18)13-16)21(24)22-11-6-12-23(2)14-17-7-4-3-5-8-17/h3-5,7-8,15-16H,6,9-14H2,1-2H3,(H,22,24). The van der Waals surface area contributed by atoms with Gasteiger partial charge in [-0.3, -0.25) is 4.79 Å². The van der Waals surface area contributed by atoms with Crippen LogP contribution in [-0.4, -0.2) is 30.9 Å². The molecule has 25 heavy (non-hydrogen) atoms. The Morgan fingerprint density at radius 1 is 1.32 bits per heavy atom. The predicted octanol–water partition coefficient (Wildman–Crippen LogP) is 4.12. The van der Waals surface area contributed by atoms with E-state index in [0.717, 1.165) is 50.4 Å². The van der Waals surface area contributed by atoms with Crippen molar-refractivity contribution in [1.82, 2.24) is 10.2 Å². The van der Waals surface area contributed by atoms with Crippen LogP contribution in [0, 0.1) is 5.92 Å². The molecule has 2 aromatic rings. The summed E-state index contributed by atoms with van der Waals surface area (Å²) in [5.74, 6) is 0.861. The molecule has 1 N–H and O–H groups in total. The first-order valence-electron chi connectivity index (χ1n) is 9.23. The molecule has 0 aliphatic heterocycles. The number of nitrogens with one attached hydrogen (secondary N) is 1. The number of thiophene rings is 1. The number of nitrogens with zero attached hydrogens (tertiary/aromatic N) is 1. The molecule has 1 aliphatic rings. The average molecular weight is 357 g/mol. The molecule has 1 amide bonds. The highest BCUT2D eigenvalue weighted by molar-refractivity contribution is 7.10. The van der Waals surface area contributed by atoms with Gasteiger partial charge in [-0.25, -0.2) is 0 Å². The molecule has 3 rings (SSSR count). The molecule has 4 heteroatoms. The fraction of sp³-hybridized carbons (Fsp3) is 0.476. The van der Waals surface area contributed by atoms with Crippen molar-refractivity contribution >= 4 is 17.2 Å². The molecule has 0 saturated heterocycles. The van der Waals surface area contributed by atoms with E-state index in [-0.39, 0.29) is 5.91 Å². The molecule has 3 nitrogen and oxygen atoms in total. The summed E-state index contributed by atoms with van der Waals surface area (Å²) in [7, 11) is 2.13. The van der Waals surface area contributed by atoms with Gasteiger partial charge in [-0.1, -0.05) is 37.3 Å². The quantitative estimate of drug-likeness (QED) is 0.757. The van der Waals surface area contributed by atoms with E-state index in [4.69, 9.17) is 0 Å². The zero-order valence-corrected chi connectivity index (χ0v) is 16.1. The minimum absolute atomic E-state index is 0.109. The molecular weight excluding hydrogens is 328 g/mol. The molecule has 0 saturated carbocycles. The predicted molar refractivity (Wildman–Crippen MR) is 105 cm³/mol. The van der Waals surface area contributed by atoms with E-state index < -0.39 is 0 Å². The normalized spacial score (nSPS) is 16.7. The number of carbonyl (C=O) groups excluding carboxylic acids is 1. The van der Waals surface area contributed by atoms with Gasteiger partial charge in [0.1, 0.15) is 0 Å². The number of fused-ring (bicyclic) bond motifs is 1. The summed E-state index contributed by atoms with van der Waals surface area (Å²) in [6.45, 7) is 4.97. The molecule has 1 aromatic heterocycles. The van der Waals surface area contributed by atoms with Crippen LogP contribution in [0.25, 0.3) is 0 Å². The summed E-state index contributed by atoms with van der Waals surface area (Å²) in [4.78, 5) is 16.2. The summed E-state index contributed by atoms with van der Waals surface area (Å²) in [5, 5.41) is 5.16. The second kappa shape index (κ2) is 8.63. The lowest BCUT2D eigenvalue weighted by molar-refractivity contribution is 0.0951. The van der Waals surface area contributed by atoms with E-state index in [1.54, 1.807) is 11.3 Å². The average Bonchev–Trinajstić information content (AvgIpc) is 3.02. The molecule has 1 atom stereocenters. The zero-order chi connectivity index (χ0) is 17.6. The smallest absolute Gasteiger partial charge is 0.252 e. The number of amides is 1. The third kappa shape index (κ3) is 4.93. The Hall–Kier alpha value is -1.65. The highest BCUT2D eigenvalue weighted by Gasteiger charge is 2.22. The van der Waals surface area contributed by atoms with Crippen molar-refractivity contribution in [1.29, 1.82) is 0 Å². The Morgan fingerprint density at radius 3 is 2.92 bits per heavy atom. The number of carbonyl (C=O) groups is 1. The summed E-state index contributed by atoms with van der Waals surface area (Å²) in [6.07, 6.45) is 4.37. The molecule has 1 aliphatic carbocycles. The Balaban J connectivity index is 1.41. The van der Waals surface area contributed by atoms with Gasteiger partial charge in [0.05, 0.1) is 5.56 Å². The van der Waals surface area contributed by atoms with Crippen molar-refractivity contribution in [3.8, 4) is 0 Å². The third-order valence-corrected chi connectivity index (χ3v) is 5.99. The molecule has 1 unspecified atom stereocenters. The fourth-order valence-electron chi connectivity index (χ4n) is 3.49. The van der Waals surface area contributed by atoms with Gasteiger partial charge in [0, 0.05) is 23.3 Å². The topological polar surface area (TPSA) is 32.3 Å². The van der Waals surface area contributed by atoms with Gasteiger partial charge in [0.2, 0.25) is 0 Å². The number of hydrogen-bond donors (Lipinski definition) is 1. The highest BCUT2D eigenvalue weighted by atomic mass is 32.1. The van der Waals surface area contributed by atoms with Crippen molar-refractivity contribution in [2.45, 2.75) is 39.2 Å². The molecule has 0 fully saturated rings. The van der Waals surface area contributed by atoms with Crippen LogP contribution in [0.1, 0.15) is 46.1 Å². The zero-order valence-electron chi connectivity index (χ0n) is 15.3. The van der Waals surface area contributed by atoms with Gasteiger partial charge in [-0.15, -0.1) is 11.3 Å². The maximum atomic E-state index is 12.5. The van der Waals surface area contributed by atoms with E-state index in [9.17, 15) is 4.79 Å². The molecular formula is C21H28N2OS. The van der Waals surface area contributed by atoms with Gasteiger partial charge < -0.3 is 10.2 Å². The van der Waals surface area contributed by atoms with Crippen LogP contribution in [0.15, 0.2) is 35.7 Å². The van der Waals surface area contributed by atoms with E-state index in [1.165, 1.54) is 22.4 Å². The van der Waals surface area contributed by atoms with Crippen molar-refractivity contribution in [3.63, 3.8) is 0 Å². The molecule has 134 valence electrons. The van der Waals surface area contributed by atoms with Crippen LogP contribution in [0.2, 0.25) is 0 Å². The lowest BCUT2D eigenvalue weighted by Crippen LogP contribution is -2.28. The maximum Gasteiger partial charge on any atom is 0.252 e. The van der Waals surface area contributed by atoms with Crippen LogP contribution >= 0.6 is 11.3 Å². The van der Waals surface area contributed by atoms with Crippen LogP contribution in [-0.2, 0) is 19.4 Å². The SMILES string of the molecule is CC1CCc2c(C(=O)NCCCN(C)Cc3ccccc3)csc2C1. The highest BCUT2D eigenvalue weighted by Crippen LogP contribution is 2.32. The number of benzene rings is 1. The largest absolute Gasteiger partial charge is 0.352 e. The minimum atomic E-state index is 0.109. The Morgan fingerprint density at radius 2 is 2.12 bits per heavy atom. The van der Waals surface area contributed by atoms with Gasteiger partial charge in [-0.05, 0) is 56.3 Å². The molecule has 0 radical (unpaired) electrons. The fourth-order valence-corrected chi connectivity index (χ4v) is 4.73. The van der Waals surface area contributed by atoms with Crippen molar-refractivity contribution < 1.29 is 4.79 Å². The first-order chi connectivity index (χ1) is 12.1. The van der Waals surface area contributed by atoms with Crippen LogP contribution in [0.3, 0.4) is 0 Å². The van der Waals surface area contributed by atoms with E-state index in [0.29, 0.717) is 0 Å². The van der Waals surface area contributed by atoms with E-state index in [2.05, 4.69) is 53.8 Å². The Bertz CT molecular complexity index is 695. The van der Waals surface area contributed by atoms with Crippen molar-refractivity contribution in [2.24, 2.45) is 5.92 Å². The third-order valence-electron chi connectivity index (χ3n) is 4.94. The molecule has 1 aromatic carbocycles. The van der Waals surface area contributed by atoms with Gasteiger partial charge in [-0.2, -0.15) is 0 Å². The van der Waals surface area contributed by atoms with E-state index in [1.807, 2.05) is 6.07 Å². The van der Waals surface area contributed by atoms with Crippen LogP contribution in [0.4, 0.5) is 0 Å². The number of hydrogen-bond acceptors (Lipinski definition) is 3. The van der Waals surface area contributed by atoms with Gasteiger partial charge in [0.15, 0.2) is 0 Å². The van der Waals surface area contributed by atoms with Crippen LogP contribution in [0.5, 0.6) is 0 Å². The van der Waals surface area contributed by atoms with Gasteiger partial charge in [0.25, 0.3) is 5.91 Å². The van der Waals surface area contributed by atoms with Gasteiger partial charge >= 0.3 is 0 Å². The molecule has 0 spiro atoms. The summed E-state index contributed by atoms with van der Waals surface area (Å²) >= 11 is 1.76. The Kier molecular flexibility index (Phi) is 6.27. The molecule has 0 bridgehead atoms. The Labute approximate surface area is 155 Å². The van der Waals surface area contributed by atoms with Crippen molar-refractivity contribution in [2.75, 3.05) is 20.1 Å². The first kappa shape index (κ1) is 18.2. The monoisotopic (exact) mass is 356 g/mol. The summed E-state index contributed by atoms with van der Waals surface area (Å²) in [6, 6.07) is 10.5. The maximum absolute atomic E-state index is 12.5. The minimum Gasteiger partial charge on any atom is -0.352 e. The van der Waals surface area contributed by atoms with E-state index >= 15 is 0 Å². The lowest BCUT2D eigenvalue weighted by atomic mass is 9.88. The first-order valence-corrected chi connectivity index (χ1v) is 10.1. The van der Waals surface area contributed by atoms with Crippen molar-refractivity contribution in [3.05, 3.63) is 57.3 Å². The second-order valence-corrected chi connectivity index (χ2v) is 8.20. The summed E-state index contributed by atoms with van der Waals surface area (Å²) < 4.78 is 0.